The van der Waals surface area contributed by atoms with Crippen LogP contribution in [0.2, 0.25) is 0 Å². The Bertz CT molecular complexity index is 394. The van der Waals surface area contributed by atoms with E-state index in [-0.39, 0.29) is 0 Å². The summed E-state index contributed by atoms with van der Waals surface area (Å²) in [6, 6.07) is 0.594. The van der Waals surface area contributed by atoms with E-state index in [4.69, 9.17) is 0 Å². The minimum absolute atomic E-state index is 0.461. The summed E-state index contributed by atoms with van der Waals surface area (Å²) < 4.78 is 2.01. The van der Waals surface area contributed by atoms with Gasteiger partial charge in [0.25, 0.3) is 0 Å². The van der Waals surface area contributed by atoms with E-state index < -0.39 is 5.60 Å². The third-order valence-electron chi connectivity index (χ3n) is 3.73. The van der Waals surface area contributed by atoms with Gasteiger partial charge in [0, 0.05) is 12.0 Å². The van der Waals surface area contributed by atoms with Gasteiger partial charge in [0.05, 0.1) is 12.1 Å². The van der Waals surface area contributed by atoms with Crippen LogP contribution in [0.15, 0.2) is 6.33 Å². The molecule has 2 N–H and O–H groups in total. The Morgan fingerprint density at radius 3 is 2.95 bits per heavy atom. The highest BCUT2D eigenvalue weighted by Gasteiger charge is 2.27. The van der Waals surface area contributed by atoms with E-state index in [0.29, 0.717) is 18.5 Å². The molecule has 0 spiro atoms. The van der Waals surface area contributed by atoms with E-state index in [0.717, 1.165) is 18.8 Å². The van der Waals surface area contributed by atoms with Crippen molar-refractivity contribution >= 4 is 0 Å². The van der Waals surface area contributed by atoms with Gasteiger partial charge in [-0.1, -0.05) is 13.3 Å². The minimum Gasteiger partial charge on any atom is -0.389 e. The zero-order valence-corrected chi connectivity index (χ0v) is 12.3. The number of rotatable bonds is 5. The Morgan fingerprint density at radius 2 is 2.26 bits per heavy atom. The number of nitrogens with one attached hydrogen (secondary N) is 1. The lowest BCUT2D eigenvalue weighted by atomic mass is 9.85. The lowest BCUT2D eigenvalue weighted by Gasteiger charge is -2.30. The molecule has 0 aliphatic heterocycles. The topological polar surface area (TPSA) is 63.0 Å². The molecule has 0 radical (unpaired) electrons. The molecular formula is C14H26N4O. The fourth-order valence-corrected chi connectivity index (χ4v) is 3.02. The van der Waals surface area contributed by atoms with Crippen LogP contribution in [0.1, 0.15) is 58.2 Å². The molecule has 1 aliphatic carbocycles. The van der Waals surface area contributed by atoms with Crippen molar-refractivity contribution in [2.45, 2.75) is 70.6 Å². The van der Waals surface area contributed by atoms with E-state index >= 15 is 0 Å². The molecule has 5 nitrogen and oxygen atoms in total. The molecule has 108 valence electrons. The molecule has 1 saturated carbocycles. The molecule has 1 aromatic heterocycles. The smallest absolute Gasteiger partial charge is 0.136 e. The monoisotopic (exact) mass is 266 g/mol. The molecule has 2 atom stereocenters. The van der Waals surface area contributed by atoms with Gasteiger partial charge in [-0.2, -0.15) is 0 Å². The van der Waals surface area contributed by atoms with E-state index in [1.54, 1.807) is 6.33 Å². The van der Waals surface area contributed by atoms with Crippen molar-refractivity contribution in [3.63, 3.8) is 0 Å². The Kier molecular flexibility index (Phi) is 4.58. The van der Waals surface area contributed by atoms with E-state index in [9.17, 15) is 5.11 Å². The maximum Gasteiger partial charge on any atom is 0.136 e. The van der Waals surface area contributed by atoms with E-state index in [1.165, 1.54) is 19.3 Å². The second-order valence-electron chi connectivity index (χ2n) is 6.25. The maximum absolute atomic E-state index is 9.96. The van der Waals surface area contributed by atoms with Gasteiger partial charge >= 0.3 is 0 Å². The van der Waals surface area contributed by atoms with Gasteiger partial charge in [-0.25, -0.2) is 0 Å². The Labute approximate surface area is 115 Å². The molecule has 19 heavy (non-hydrogen) atoms. The van der Waals surface area contributed by atoms with Gasteiger partial charge in [-0.15, -0.1) is 10.2 Å². The summed E-state index contributed by atoms with van der Waals surface area (Å²) in [5.41, 5.74) is -0.729. The average molecular weight is 266 g/mol. The summed E-state index contributed by atoms with van der Waals surface area (Å²) in [6.07, 6.45) is 6.52. The fraction of sp³-hybridized carbons (Fsp3) is 0.857. The highest BCUT2D eigenvalue weighted by molar-refractivity contribution is 5.01. The summed E-state index contributed by atoms with van der Waals surface area (Å²) in [5.74, 6) is 1.49. The van der Waals surface area contributed by atoms with Crippen molar-refractivity contribution < 1.29 is 5.11 Å². The molecule has 0 saturated heterocycles. The summed E-state index contributed by atoms with van der Waals surface area (Å²) in [4.78, 5) is 0. The molecule has 0 aromatic carbocycles. The standard InChI is InChI=1S/C14H26N4O/c1-4-15-12-7-5-6-11(8-12)13-17-16-10-18(13)9-14(2,3)19/h10-12,15,19H,4-9H2,1-3H3. The van der Waals surface area contributed by atoms with Crippen LogP contribution in [-0.4, -0.2) is 38.1 Å². The summed E-state index contributed by atoms with van der Waals surface area (Å²) >= 11 is 0. The predicted molar refractivity (Wildman–Crippen MR) is 75.0 cm³/mol. The summed E-state index contributed by atoms with van der Waals surface area (Å²) in [5, 5.41) is 21.8. The number of aliphatic hydroxyl groups is 1. The predicted octanol–water partition coefficient (Wildman–Crippen LogP) is 1.68. The minimum atomic E-state index is -0.729. The van der Waals surface area contributed by atoms with Gasteiger partial charge in [-0.3, -0.25) is 0 Å². The van der Waals surface area contributed by atoms with Crippen molar-refractivity contribution in [3.8, 4) is 0 Å². The quantitative estimate of drug-likeness (QED) is 0.851. The van der Waals surface area contributed by atoms with Gasteiger partial charge in [0.2, 0.25) is 0 Å². The van der Waals surface area contributed by atoms with Crippen LogP contribution in [0, 0.1) is 0 Å². The number of aromatic nitrogens is 3. The zero-order valence-electron chi connectivity index (χ0n) is 12.3. The molecular weight excluding hydrogens is 240 g/mol. The normalized spacial score (nSPS) is 24.6. The third-order valence-corrected chi connectivity index (χ3v) is 3.73. The first-order valence-electron chi connectivity index (χ1n) is 7.33. The van der Waals surface area contributed by atoms with Crippen LogP contribution < -0.4 is 5.32 Å². The van der Waals surface area contributed by atoms with Gasteiger partial charge < -0.3 is 15.0 Å². The van der Waals surface area contributed by atoms with Crippen LogP contribution in [0.4, 0.5) is 0 Å². The maximum atomic E-state index is 9.96. The first kappa shape index (κ1) is 14.5. The number of hydrogen-bond donors (Lipinski definition) is 2. The van der Waals surface area contributed by atoms with Crippen molar-refractivity contribution in [2.75, 3.05) is 6.54 Å². The molecule has 0 bridgehead atoms. The molecule has 1 heterocycles. The molecule has 1 fully saturated rings. The second kappa shape index (κ2) is 6.01. The number of hydrogen-bond acceptors (Lipinski definition) is 4. The first-order chi connectivity index (χ1) is 8.99. The van der Waals surface area contributed by atoms with Crippen LogP contribution >= 0.6 is 0 Å². The SMILES string of the molecule is CCNC1CCCC(c2nncn2CC(C)(C)O)C1. The Hall–Kier alpha value is -0.940. The highest BCUT2D eigenvalue weighted by atomic mass is 16.3. The van der Waals surface area contributed by atoms with Crippen molar-refractivity contribution in [2.24, 2.45) is 0 Å². The molecule has 2 unspecified atom stereocenters. The largest absolute Gasteiger partial charge is 0.389 e. The Morgan fingerprint density at radius 1 is 1.47 bits per heavy atom. The zero-order chi connectivity index (χ0) is 13.9. The van der Waals surface area contributed by atoms with Crippen molar-refractivity contribution in [3.05, 3.63) is 12.2 Å². The number of nitrogens with zero attached hydrogens (tertiary/aromatic N) is 3. The second-order valence-corrected chi connectivity index (χ2v) is 6.25. The van der Waals surface area contributed by atoms with E-state index in [2.05, 4.69) is 22.4 Å². The van der Waals surface area contributed by atoms with Gasteiger partial charge in [-0.05, 0) is 39.7 Å². The lowest BCUT2D eigenvalue weighted by molar-refractivity contribution is 0.0599. The molecule has 0 amide bonds. The Balaban J connectivity index is 2.07. The summed E-state index contributed by atoms with van der Waals surface area (Å²) in [6.45, 7) is 7.37. The molecule has 1 aromatic rings. The molecule has 2 rings (SSSR count). The van der Waals surface area contributed by atoms with Crippen LogP contribution in [0.3, 0.4) is 0 Å². The average Bonchev–Trinajstić information content (AvgIpc) is 2.75. The van der Waals surface area contributed by atoms with Crippen LogP contribution in [0.5, 0.6) is 0 Å². The highest BCUT2D eigenvalue weighted by Crippen LogP contribution is 2.32. The molecule has 1 aliphatic rings. The molecule has 5 heteroatoms. The van der Waals surface area contributed by atoms with Crippen molar-refractivity contribution in [1.29, 1.82) is 0 Å². The van der Waals surface area contributed by atoms with Gasteiger partial charge in [0.15, 0.2) is 0 Å². The van der Waals surface area contributed by atoms with Gasteiger partial charge in [0.1, 0.15) is 12.2 Å². The summed E-state index contributed by atoms with van der Waals surface area (Å²) in [7, 11) is 0. The van der Waals surface area contributed by atoms with Crippen LogP contribution in [-0.2, 0) is 6.54 Å². The van der Waals surface area contributed by atoms with E-state index in [1.807, 2.05) is 18.4 Å². The van der Waals surface area contributed by atoms with Crippen molar-refractivity contribution in [1.82, 2.24) is 20.1 Å². The third kappa shape index (κ3) is 4.01. The fourth-order valence-electron chi connectivity index (χ4n) is 3.02. The lowest BCUT2D eigenvalue weighted by Crippen LogP contribution is -2.34. The first-order valence-corrected chi connectivity index (χ1v) is 7.33. The van der Waals surface area contributed by atoms with Crippen LogP contribution in [0.25, 0.3) is 0 Å².